The number of rotatable bonds is 4. The number of aromatic nitrogens is 3. The van der Waals surface area contributed by atoms with Crippen LogP contribution in [0.3, 0.4) is 0 Å². The normalized spacial score (nSPS) is 17.6. The number of carbonyl (C=O) groups excluding carboxylic acids is 1. The number of likely N-dealkylation sites (tertiary alicyclic amines) is 1. The number of hydrogen-bond acceptors (Lipinski definition) is 4. The highest BCUT2D eigenvalue weighted by molar-refractivity contribution is 5.94. The Morgan fingerprint density at radius 3 is 2.76 bits per heavy atom. The molecule has 1 saturated heterocycles. The van der Waals surface area contributed by atoms with Crippen LogP contribution in [0.4, 0.5) is 0 Å². The van der Waals surface area contributed by atoms with Crippen molar-refractivity contribution in [1.29, 1.82) is 0 Å². The lowest BCUT2D eigenvalue weighted by molar-refractivity contribution is 0.0671. The monoisotopic (exact) mass is 342 g/mol. The lowest BCUT2D eigenvalue weighted by atomic mass is 10.0. The number of hydrogen-bond donors (Lipinski definition) is 0. The van der Waals surface area contributed by atoms with Crippen LogP contribution in [0, 0.1) is 20.8 Å². The summed E-state index contributed by atoms with van der Waals surface area (Å²) in [5, 5.41) is 4.50. The number of piperidine rings is 1. The molecule has 6 heteroatoms. The third kappa shape index (κ3) is 3.67. The maximum absolute atomic E-state index is 12.9. The Morgan fingerprint density at radius 2 is 2.12 bits per heavy atom. The molecule has 2 aromatic rings. The first-order valence-corrected chi connectivity index (χ1v) is 8.92. The van der Waals surface area contributed by atoms with E-state index < -0.39 is 0 Å². The van der Waals surface area contributed by atoms with E-state index in [4.69, 9.17) is 4.74 Å². The molecule has 1 aromatic carbocycles. The summed E-state index contributed by atoms with van der Waals surface area (Å²) in [6, 6.07) is 5.86. The van der Waals surface area contributed by atoms with Crippen molar-refractivity contribution in [2.24, 2.45) is 0 Å². The van der Waals surface area contributed by atoms with Crippen molar-refractivity contribution in [3.8, 4) is 5.75 Å². The first kappa shape index (κ1) is 17.5. The largest absolute Gasteiger partial charge is 0.494 e. The van der Waals surface area contributed by atoms with Gasteiger partial charge >= 0.3 is 0 Å². The van der Waals surface area contributed by atoms with Crippen molar-refractivity contribution in [2.75, 3.05) is 19.7 Å². The van der Waals surface area contributed by atoms with Crippen molar-refractivity contribution < 1.29 is 9.53 Å². The summed E-state index contributed by atoms with van der Waals surface area (Å²) < 4.78 is 7.53. The first-order valence-electron chi connectivity index (χ1n) is 8.92. The molecule has 1 aromatic heterocycles. The van der Waals surface area contributed by atoms with Gasteiger partial charge < -0.3 is 9.64 Å². The molecule has 25 heavy (non-hydrogen) atoms. The average molecular weight is 342 g/mol. The summed E-state index contributed by atoms with van der Waals surface area (Å²) in [5.74, 6) is 2.60. The molecule has 1 atom stereocenters. The smallest absolute Gasteiger partial charge is 0.253 e. The van der Waals surface area contributed by atoms with Gasteiger partial charge in [0.05, 0.1) is 12.6 Å². The van der Waals surface area contributed by atoms with Crippen LogP contribution in [0.2, 0.25) is 0 Å². The lowest BCUT2D eigenvalue weighted by Crippen LogP contribution is -2.41. The molecule has 0 N–H and O–H groups in total. The maximum Gasteiger partial charge on any atom is 0.253 e. The highest BCUT2D eigenvalue weighted by atomic mass is 16.5. The van der Waals surface area contributed by atoms with Crippen LogP contribution in [-0.2, 0) is 0 Å². The number of amides is 1. The van der Waals surface area contributed by atoms with Gasteiger partial charge in [-0.3, -0.25) is 4.79 Å². The molecule has 0 radical (unpaired) electrons. The summed E-state index contributed by atoms with van der Waals surface area (Å²) in [7, 11) is 0. The van der Waals surface area contributed by atoms with Gasteiger partial charge in [-0.15, -0.1) is 0 Å². The van der Waals surface area contributed by atoms with Crippen LogP contribution in [0.15, 0.2) is 18.2 Å². The predicted molar refractivity (Wildman–Crippen MR) is 96.0 cm³/mol. The third-order valence-electron chi connectivity index (χ3n) is 4.66. The molecule has 134 valence electrons. The molecule has 0 spiro atoms. The first-order chi connectivity index (χ1) is 12.0. The van der Waals surface area contributed by atoms with Crippen molar-refractivity contribution in [3.05, 3.63) is 41.0 Å². The van der Waals surface area contributed by atoms with Gasteiger partial charge in [-0.25, -0.2) is 9.67 Å². The minimum atomic E-state index is 0.0744. The van der Waals surface area contributed by atoms with Crippen LogP contribution < -0.4 is 4.74 Å². The van der Waals surface area contributed by atoms with E-state index in [-0.39, 0.29) is 11.9 Å². The minimum Gasteiger partial charge on any atom is -0.494 e. The average Bonchev–Trinajstić information content (AvgIpc) is 2.94. The predicted octanol–water partition coefficient (Wildman–Crippen LogP) is 3.08. The van der Waals surface area contributed by atoms with E-state index in [0.717, 1.165) is 42.3 Å². The van der Waals surface area contributed by atoms with Crippen molar-refractivity contribution in [3.63, 3.8) is 0 Å². The van der Waals surface area contributed by atoms with Gasteiger partial charge in [0.2, 0.25) is 0 Å². The molecule has 3 rings (SSSR count). The SMILES string of the molecule is CCOc1ccc(C(=O)N2CCC[C@@H](n3nc(C)nc3C)C2)cc1C. The van der Waals surface area contributed by atoms with E-state index in [1.54, 1.807) is 0 Å². The number of nitrogens with zero attached hydrogens (tertiary/aromatic N) is 4. The third-order valence-corrected chi connectivity index (χ3v) is 4.66. The van der Waals surface area contributed by atoms with E-state index >= 15 is 0 Å². The minimum absolute atomic E-state index is 0.0744. The Hall–Kier alpha value is -2.37. The highest BCUT2D eigenvalue weighted by Crippen LogP contribution is 2.25. The number of ether oxygens (including phenoxy) is 1. The zero-order chi connectivity index (χ0) is 18.0. The van der Waals surface area contributed by atoms with Gasteiger partial charge in [-0.05, 0) is 64.3 Å². The molecule has 1 aliphatic rings. The second kappa shape index (κ2) is 7.25. The molecule has 0 aliphatic carbocycles. The Labute approximate surface area is 148 Å². The topological polar surface area (TPSA) is 60.2 Å². The van der Waals surface area contributed by atoms with Crippen LogP contribution >= 0.6 is 0 Å². The van der Waals surface area contributed by atoms with Crippen LogP contribution in [0.5, 0.6) is 5.75 Å². The molecular formula is C19H26N4O2. The van der Waals surface area contributed by atoms with E-state index in [2.05, 4.69) is 10.1 Å². The zero-order valence-electron chi connectivity index (χ0n) is 15.5. The molecule has 6 nitrogen and oxygen atoms in total. The zero-order valence-corrected chi connectivity index (χ0v) is 15.5. The number of aryl methyl sites for hydroxylation is 3. The molecule has 1 amide bonds. The molecule has 0 bridgehead atoms. The fourth-order valence-corrected chi connectivity index (χ4v) is 3.50. The van der Waals surface area contributed by atoms with Crippen molar-refractivity contribution >= 4 is 5.91 Å². The summed E-state index contributed by atoms with van der Waals surface area (Å²) >= 11 is 0. The van der Waals surface area contributed by atoms with Gasteiger partial charge in [0, 0.05) is 18.7 Å². The van der Waals surface area contributed by atoms with Crippen LogP contribution in [0.1, 0.15) is 53.4 Å². The second-order valence-corrected chi connectivity index (χ2v) is 6.61. The van der Waals surface area contributed by atoms with E-state index in [1.807, 2.05) is 55.5 Å². The Balaban J connectivity index is 1.76. The van der Waals surface area contributed by atoms with E-state index in [1.165, 1.54) is 0 Å². The summed E-state index contributed by atoms with van der Waals surface area (Å²) in [6.07, 6.45) is 2.00. The van der Waals surface area contributed by atoms with Gasteiger partial charge in [0.25, 0.3) is 5.91 Å². The van der Waals surface area contributed by atoms with Crippen molar-refractivity contribution in [2.45, 2.75) is 46.6 Å². The number of benzene rings is 1. The molecule has 0 saturated carbocycles. The van der Waals surface area contributed by atoms with Crippen LogP contribution in [0.25, 0.3) is 0 Å². The Kier molecular flexibility index (Phi) is 5.06. The van der Waals surface area contributed by atoms with Gasteiger partial charge in [0.1, 0.15) is 17.4 Å². The molecule has 0 unspecified atom stereocenters. The Morgan fingerprint density at radius 1 is 1.32 bits per heavy atom. The quantitative estimate of drug-likeness (QED) is 0.857. The molecule has 1 fully saturated rings. The van der Waals surface area contributed by atoms with Gasteiger partial charge in [0.15, 0.2) is 0 Å². The standard InChI is InChI=1S/C19H26N4O2/c1-5-25-18-9-8-16(11-13(18)2)19(24)22-10-6-7-17(12-22)23-15(4)20-14(3)21-23/h8-9,11,17H,5-7,10,12H2,1-4H3/t17-/m1/s1. The van der Waals surface area contributed by atoms with E-state index in [0.29, 0.717) is 18.7 Å². The fraction of sp³-hybridized carbons (Fsp3) is 0.526. The fourth-order valence-electron chi connectivity index (χ4n) is 3.50. The Bertz CT molecular complexity index is 769. The lowest BCUT2D eigenvalue weighted by Gasteiger charge is -2.33. The maximum atomic E-state index is 12.9. The highest BCUT2D eigenvalue weighted by Gasteiger charge is 2.27. The van der Waals surface area contributed by atoms with Crippen molar-refractivity contribution in [1.82, 2.24) is 19.7 Å². The van der Waals surface area contributed by atoms with Gasteiger partial charge in [-0.2, -0.15) is 5.10 Å². The van der Waals surface area contributed by atoms with Crippen LogP contribution in [-0.4, -0.2) is 45.3 Å². The summed E-state index contributed by atoms with van der Waals surface area (Å²) in [4.78, 5) is 19.2. The molecule has 2 heterocycles. The summed E-state index contributed by atoms with van der Waals surface area (Å²) in [5.41, 5.74) is 1.71. The van der Waals surface area contributed by atoms with Gasteiger partial charge in [-0.1, -0.05) is 0 Å². The van der Waals surface area contributed by atoms with E-state index in [9.17, 15) is 4.79 Å². The second-order valence-electron chi connectivity index (χ2n) is 6.61. The number of carbonyl (C=O) groups is 1. The molecular weight excluding hydrogens is 316 g/mol. The molecule has 1 aliphatic heterocycles. The summed E-state index contributed by atoms with van der Waals surface area (Å²) in [6.45, 7) is 9.89.